The lowest BCUT2D eigenvalue weighted by molar-refractivity contribution is -0.149. The van der Waals surface area contributed by atoms with E-state index in [9.17, 15) is 9.59 Å². The highest BCUT2D eigenvalue weighted by atomic mass is 127. The zero-order chi connectivity index (χ0) is 20.4. The Morgan fingerprint density at radius 3 is 2.62 bits per heavy atom. The number of amides is 1. The van der Waals surface area contributed by atoms with E-state index in [1.165, 1.54) is 0 Å². The topological polar surface area (TPSA) is 83.0 Å². The van der Waals surface area contributed by atoms with Gasteiger partial charge in [-0.2, -0.15) is 0 Å². The number of halogens is 2. The second-order valence-corrected chi connectivity index (χ2v) is 6.97. The van der Waals surface area contributed by atoms with Gasteiger partial charge in [-0.3, -0.25) is 14.6 Å². The van der Waals surface area contributed by atoms with Gasteiger partial charge in [0, 0.05) is 36.8 Å². The van der Waals surface area contributed by atoms with Crippen molar-refractivity contribution in [1.29, 1.82) is 0 Å². The summed E-state index contributed by atoms with van der Waals surface area (Å²) in [6.07, 6.45) is 1.76. The third-order valence-corrected chi connectivity index (χ3v) is 4.69. The van der Waals surface area contributed by atoms with Crippen LogP contribution in [0.1, 0.15) is 37.0 Å². The molecule has 0 aromatic heterocycles. The number of carbonyl (C=O) groups excluding carboxylic acids is 2. The fraction of sp³-hybridized carbons (Fsp3) is 0.550. The summed E-state index contributed by atoms with van der Waals surface area (Å²) in [5, 5.41) is 6.72. The minimum atomic E-state index is -0.155. The van der Waals surface area contributed by atoms with Crippen LogP contribution in [0.2, 0.25) is 5.02 Å². The summed E-state index contributed by atoms with van der Waals surface area (Å²) in [7, 11) is 0. The molecule has 2 rings (SSSR count). The zero-order valence-corrected chi connectivity index (χ0v) is 20.0. The lowest BCUT2D eigenvalue weighted by Crippen LogP contribution is -2.48. The highest BCUT2D eigenvalue weighted by Crippen LogP contribution is 2.18. The zero-order valence-electron chi connectivity index (χ0n) is 16.9. The number of hydrogen-bond acceptors (Lipinski definition) is 4. The first-order valence-corrected chi connectivity index (χ1v) is 10.2. The van der Waals surface area contributed by atoms with Crippen molar-refractivity contribution in [2.45, 2.75) is 26.7 Å². The lowest BCUT2D eigenvalue weighted by atomic mass is 9.98. The molecule has 1 atom stereocenters. The summed E-state index contributed by atoms with van der Waals surface area (Å²) in [4.78, 5) is 30.9. The number of guanidine groups is 1. The van der Waals surface area contributed by atoms with Crippen molar-refractivity contribution >= 4 is 53.4 Å². The van der Waals surface area contributed by atoms with E-state index >= 15 is 0 Å². The van der Waals surface area contributed by atoms with E-state index in [-0.39, 0.29) is 41.8 Å². The molecule has 1 aliphatic rings. The molecule has 0 aliphatic carbocycles. The number of aliphatic imine (C=N–C) groups is 1. The number of benzene rings is 1. The quantitative estimate of drug-likeness (QED) is 0.184. The van der Waals surface area contributed by atoms with E-state index in [1.54, 1.807) is 24.3 Å². The third kappa shape index (κ3) is 8.38. The SMILES string of the molecule is CCNC(=NCCNC(=O)c1ccc(Cl)cc1)N1CCCC(C(=O)OCC)C1.I. The highest BCUT2D eigenvalue weighted by molar-refractivity contribution is 14.0. The van der Waals surface area contributed by atoms with E-state index in [0.717, 1.165) is 31.9 Å². The summed E-state index contributed by atoms with van der Waals surface area (Å²) in [5.41, 5.74) is 0.564. The van der Waals surface area contributed by atoms with Gasteiger partial charge in [-0.1, -0.05) is 11.6 Å². The average Bonchev–Trinajstić information content (AvgIpc) is 2.71. The number of esters is 1. The third-order valence-electron chi connectivity index (χ3n) is 4.44. The Balaban J connectivity index is 0.00000420. The first-order valence-electron chi connectivity index (χ1n) is 9.78. The van der Waals surface area contributed by atoms with Gasteiger partial charge in [0.2, 0.25) is 0 Å². The number of carbonyl (C=O) groups is 2. The van der Waals surface area contributed by atoms with Crippen LogP contribution in [0.15, 0.2) is 29.3 Å². The number of piperidine rings is 1. The number of ether oxygens (including phenoxy) is 1. The number of likely N-dealkylation sites (tertiary alicyclic amines) is 1. The minimum absolute atomic E-state index is 0. The van der Waals surface area contributed by atoms with Crippen LogP contribution in [0.4, 0.5) is 0 Å². The van der Waals surface area contributed by atoms with Gasteiger partial charge in [-0.05, 0) is 51.0 Å². The van der Waals surface area contributed by atoms with Gasteiger partial charge in [-0.25, -0.2) is 0 Å². The predicted molar refractivity (Wildman–Crippen MR) is 126 cm³/mol. The number of nitrogens with one attached hydrogen (secondary N) is 2. The lowest BCUT2D eigenvalue weighted by Gasteiger charge is -2.34. The van der Waals surface area contributed by atoms with E-state index in [0.29, 0.717) is 36.8 Å². The molecule has 0 bridgehead atoms. The fourth-order valence-electron chi connectivity index (χ4n) is 3.08. The molecule has 9 heteroatoms. The number of rotatable bonds is 7. The predicted octanol–water partition coefficient (Wildman–Crippen LogP) is 2.93. The summed E-state index contributed by atoms with van der Waals surface area (Å²) < 4.78 is 5.16. The summed E-state index contributed by atoms with van der Waals surface area (Å²) >= 11 is 5.84. The molecule has 1 aromatic carbocycles. The van der Waals surface area contributed by atoms with Crippen LogP contribution in [0, 0.1) is 5.92 Å². The molecule has 1 aliphatic heterocycles. The molecule has 0 spiro atoms. The van der Waals surface area contributed by atoms with Crippen LogP contribution in [0.25, 0.3) is 0 Å². The standard InChI is InChI=1S/C20H29ClN4O3.HI/c1-3-22-20(25-13-5-6-16(14-25)19(27)28-4-2)24-12-11-23-18(26)15-7-9-17(21)10-8-15;/h7-10,16H,3-6,11-14H2,1-2H3,(H,22,24)(H,23,26);1H. The smallest absolute Gasteiger partial charge is 0.310 e. The minimum Gasteiger partial charge on any atom is -0.466 e. The largest absolute Gasteiger partial charge is 0.466 e. The van der Waals surface area contributed by atoms with Gasteiger partial charge in [0.25, 0.3) is 5.91 Å². The van der Waals surface area contributed by atoms with Crippen molar-refractivity contribution in [3.05, 3.63) is 34.9 Å². The highest BCUT2D eigenvalue weighted by Gasteiger charge is 2.28. The van der Waals surface area contributed by atoms with E-state index in [1.807, 2.05) is 13.8 Å². The Bertz CT molecular complexity index is 685. The van der Waals surface area contributed by atoms with Crippen LogP contribution in [-0.4, -0.2) is 62.1 Å². The molecule has 1 heterocycles. The second-order valence-electron chi connectivity index (χ2n) is 6.54. The average molecular weight is 537 g/mol. The van der Waals surface area contributed by atoms with Gasteiger partial charge < -0.3 is 20.3 Å². The van der Waals surface area contributed by atoms with E-state index < -0.39 is 0 Å². The summed E-state index contributed by atoms with van der Waals surface area (Å²) in [6.45, 7) is 7.27. The molecule has 29 heavy (non-hydrogen) atoms. The fourth-order valence-corrected chi connectivity index (χ4v) is 3.21. The van der Waals surface area contributed by atoms with Crippen LogP contribution in [-0.2, 0) is 9.53 Å². The molecule has 1 saturated heterocycles. The first-order chi connectivity index (χ1) is 13.5. The van der Waals surface area contributed by atoms with Crippen molar-refractivity contribution in [3.8, 4) is 0 Å². The molecule has 1 amide bonds. The van der Waals surface area contributed by atoms with Gasteiger partial charge in [0.15, 0.2) is 5.96 Å². The van der Waals surface area contributed by atoms with Crippen molar-refractivity contribution < 1.29 is 14.3 Å². The van der Waals surface area contributed by atoms with Crippen molar-refractivity contribution in [2.75, 3.05) is 39.3 Å². The van der Waals surface area contributed by atoms with E-state index in [4.69, 9.17) is 16.3 Å². The Morgan fingerprint density at radius 1 is 1.24 bits per heavy atom. The normalized spacial score (nSPS) is 16.6. The van der Waals surface area contributed by atoms with Gasteiger partial charge in [-0.15, -0.1) is 24.0 Å². The second kappa shape index (κ2) is 13.6. The van der Waals surface area contributed by atoms with E-state index in [2.05, 4.69) is 20.5 Å². The molecule has 1 unspecified atom stereocenters. The molecule has 7 nitrogen and oxygen atoms in total. The molecular formula is C20H30ClIN4O3. The van der Waals surface area contributed by atoms with Gasteiger partial charge >= 0.3 is 5.97 Å². The molecule has 2 N–H and O–H groups in total. The van der Waals surface area contributed by atoms with Crippen molar-refractivity contribution in [2.24, 2.45) is 10.9 Å². The van der Waals surface area contributed by atoms with Crippen LogP contribution >= 0.6 is 35.6 Å². The van der Waals surface area contributed by atoms with Crippen LogP contribution in [0.5, 0.6) is 0 Å². The molecule has 0 saturated carbocycles. The van der Waals surface area contributed by atoms with Crippen LogP contribution in [0.3, 0.4) is 0 Å². The van der Waals surface area contributed by atoms with Crippen LogP contribution < -0.4 is 10.6 Å². The van der Waals surface area contributed by atoms with Crippen molar-refractivity contribution in [1.82, 2.24) is 15.5 Å². The molecule has 1 fully saturated rings. The first kappa shape index (κ1) is 25.5. The number of nitrogens with zero attached hydrogens (tertiary/aromatic N) is 2. The monoisotopic (exact) mass is 536 g/mol. The maximum Gasteiger partial charge on any atom is 0.310 e. The summed E-state index contributed by atoms with van der Waals surface area (Å²) in [5.74, 6) is 0.342. The Morgan fingerprint density at radius 2 is 1.97 bits per heavy atom. The maximum atomic E-state index is 12.1. The Kier molecular flexibility index (Phi) is 12.0. The Labute approximate surface area is 194 Å². The summed E-state index contributed by atoms with van der Waals surface area (Å²) in [6, 6.07) is 6.75. The maximum absolute atomic E-state index is 12.1. The van der Waals surface area contributed by atoms with Gasteiger partial charge in [0.05, 0.1) is 19.1 Å². The molecular weight excluding hydrogens is 507 g/mol. The molecule has 1 aromatic rings. The molecule has 0 radical (unpaired) electrons. The number of hydrogen-bond donors (Lipinski definition) is 2. The molecule has 162 valence electrons. The van der Waals surface area contributed by atoms with Crippen molar-refractivity contribution in [3.63, 3.8) is 0 Å². The Hall–Kier alpha value is -1.55. The van der Waals surface area contributed by atoms with Gasteiger partial charge in [0.1, 0.15) is 0 Å².